The third-order valence-corrected chi connectivity index (χ3v) is 4.03. The van der Waals surface area contributed by atoms with Crippen molar-refractivity contribution in [2.75, 3.05) is 13.7 Å². The van der Waals surface area contributed by atoms with Crippen LogP contribution in [0.15, 0.2) is 18.2 Å². The van der Waals surface area contributed by atoms with Gasteiger partial charge in [-0.2, -0.15) is 0 Å². The SMILES string of the molecule is CCCNC(C)C1CCCc2cc(OC)ccc21. The summed E-state index contributed by atoms with van der Waals surface area (Å²) in [6.45, 7) is 5.65. The van der Waals surface area contributed by atoms with E-state index in [1.807, 2.05) is 0 Å². The van der Waals surface area contributed by atoms with E-state index < -0.39 is 0 Å². The van der Waals surface area contributed by atoms with Crippen molar-refractivity contribution in [3.8, 4) is 5.75 Å². The largest absolute Gasteiger partial charge is 0.497 e. The molecule has 0 bridgehead atoms. The summed E-state index contributed by atoms with van der Waals surface area (Å²) in [5.41, 5.74) is 3.01. The third-order valence-electron chi connectivity index (χ3n) is 4.03. The van der Waals surface area contributed by atoms with Gasteiger partial charge in [0.05, 0.1) is 7.11 Å². The smallest absolute Gasteiger partial charge is 0.119 e. The van der Waals surface area contributed by atoms with Crippen LogP contribution in [0.25, 0.3) is 0 Å². The van der Waals surface area contributed by atoms with Gasteiger partial charge in [-0.05, 0) is 68.3 Å². The molecule has 1 aliphatic carbocycles. The van der Waals surface area contributed by atoms with Crippen molar-refractivity contribution < 1.29 is 4.74 Å². The lowest BCUT2D eigenvalue weighted by atomic mass is 9.79. The molecule has 0 saturated heterocycles. The Balaban J connectivity index is 2.17. The second-order valence-corrected chi connectivity index (χ2v) is 5.31. The van der Waals surface area contributed by atoms with Crippen LogP contribution in [0.3, 0.4) is 0 Å². The average Bonchev–Trinajstić information content (AvgIpc) is 2.43. The normalized spacial score (nSPS) is 20.3. The Kier molecular flexibility index (Phi) is 4.65. The topological polar surface area (TPSA) is 21.3 Å². The van der Waals surface area contributed by atoms with Crippen molar-refractivity contribution in [2.45, 2.75) is 51.5 Å². The zero-order valence-corrected chi connectivity index (χ0v) is 11.8. The minimum absolute atomic E-state index is 0.567. The van der Waals surface area contributed by atoms with Gasteiger partial charge in [0, 0.05) is 6.04 Å². The molecule has 0 amide bonds. The zero-order chi connectivity index (χ0) is 13.0. The Labute approximate surface area is 111 Å². The number of aryl methyl sites for hydroxylation is 1. The summed E-state index contributed by atoms with van der Waals surface area (Å²) in [5, 5.41) is 3.64. The molecule has 100 valence electrons. The number of fused-ring (bicyclic) bond motifs is 1. The van der Waals surface area contributed by atoms with Crippen LogP contribution in [0.1, 0.15) is 50.2 Å². The summed E-state index contributed by atoms with van der Waals surface area (Å²) in [6, 6.07) is 7.15. The molecule has 18 heavy (non-hydrogen) atoms. The number of rotatable bonds is 5. The highest BCUT2D eigenvalue weighted by molar-refractivity contribution is 5.40. The van der Waals surface area contributed by atoms with Crippen LogP contribution >= 0.6 is 0 Å². The first kappa shape index (κ1) is 13.4. The first-order chi connectivity index (χ1) is 8.76. The van der Waals surface area contributed by atoms with Crippen molar-refractivity contribution in [1.82, 2.24) is 5.32 Å². The Morgan fingerprint density at radius 2 is 2.28 bits per heavy atom. The van der Waals surface area contributed by atoms with Crippen LogP contribution in [0.4, 0.5) is 0 Å². The third kappa shape index (κ3) is 2.86. The summed E-state index contributed by atoms with van der Waals surface area (Å²) in [7, 11) is 1.74. The molecule has 2 heteroatoms. The average molecular weight is 247 g/mol. The van der Waals surface area contributed by atoms with Crippen molar-refractivity contribution in [3.05, 3.63) is 29.3 Å². The Morgan fingerprint density at radius 3 is 3.00 bits per heavy atom. The molecule has 0 fully saturated rings. The second-order valence-electron chi connectivity index (χ2n) is 5.31. The van der Waals surface area contributed by atoms with Crippen LogP contribution in [0, 0.1) is 0 Å². The molecular formula is C16H25NO. The van der Waals surface area contributed by atoms with Gasteiger partial charge < -0.3 is 10.1 Å². The number of benzene rings is 1. The van der Waals surface area contributed by atoms with E-state index in [2.05, 4.69) is 37.4 Å². The fourth-order valence-corrected chi connectivity index (χ4v) is 2.99. The molecule has 0 heterocycles. The summed E-state index contributed by atoms with van der Waals surface area (Å²) >= 11 is 0. The first-order valence-electron chi connectivity index (χ1n) is 7.16. The van der Waals surface area contributed by atoms with Gasteiger partial charge in [-0.1, -0.05) is 13.0 Å². The maximum Gasteiger partial charge on any atom is 0.119 e. The minimum Gasteiger partial charge on any atom is -0.497 e. The van der Waals surface area contributed by atoms with E-state index >= 15 is 0 Å². The van der Waals surface area contributed by atoms with E-state index in [0.717, 1.165) is 12.3 Å². The number of ether oxygens (including phenoxy) is 1. The van der Waals surface area contributed by atoms with Crippen molar-refractivity contribution in [3.63, 3.8) is 0 Å². The monoisotopic (exact) mass is 247 g/mol. The highest BCUT2D eigenvalue weighted by atomic mass is 16.5. The lowest BCUT2D eigenvalue weighted by Gasteiger charge is -2.31. The fourth-order valence-electron chi connectivity index (χ4n) is 2.99. The number of hydrogen-bond acceptors (Lipinski definition) is 2. The summed E-state index contributed by atoms with van der Waals surface area (Å²) in [6.07, 6.45) is 5.00. The van der Waals surface area contributed by atoms with E-state index in [1.54, 1.807) is 7.11 Å². The zero-order valence-electron chi connectivity index (χ0n) is 11.8. The molecule has 1 N–H and O–H groups in total. The lowest BCUT2D eigenvalue weighted by Crippen LogP contribution is -2.34. The molecule has 0 saturated carbocycles. The van der Waals surface area contributed by atoms with Gasteiger partial charge in [-0.25, -0.2) is 0 Å². The molecule has 1 aliphatic rings. The van der Waals surface area contributed by atoms with Gasteiger partial charge in [-0.3, -0.25) is 0 Å². The maximum atomic E-state index is 5.33. The molecule has 2 unspecified atom stereocenters. The van der Waals surface area contributed by atoms with Crippen molar-refractivity contribution >= 4 is 0 Å². The van der Waals surface area contributed by atoms with Crippen LogP contribution in [0.2, 0.25) is 0 Å². The molecular weight excluding hydrogens is 222 g/mol. The van der Waals surface area contributed by atoms with Gasteiger partial charge in [0.15, 0.2) is 0 Å². The van der Waals surface area contributed by atoms with Crippen molar-refractivity contribution in [1.29, 1.82) is 0 Å². The molecule has 0 radical (unpaired) electrons. The maximum absolute atomic E-state index is 5.33. The number of hydrogen-bond donors (Lipinski definition) is 1. The molecule has 1 aromatic rings. The van der Waals surface area contributed by atoms with Gasteiger partial charge in [-0.15, -0.1) is 0 Å². The second kappa shape index (κ2) is 6.24. The van der Waals surface area contributed by atoms with Gasteiger partial charge in [0.25, 0.3) is 0 Å². The molecule has 2 atom stereocenters. The van der Waals surface area contributed by atoms with E-state index in [1.165, 1.54) is 36.8 Å². The predicted octanol–water partition coefficient (Wildman–Crippen LogP) is 3.50. The van der Waals surface area contributed by atoms with Gasteiger partial charge in [0.1, 0.15) is 5.75 Å². The Bertz CT molecular complexity index is 389. The highest BCUT2D eigenvalue weighted by Gasteiger charge is 2.24. The van der Waals surface area contributed by atoms with E-state index in [-0.39, 0.29) is 0 Å². The standard InChI is InChI=1S/C16H25NO/c1-4-10-17-12(2)15-7-5-6-13-11-14(18-3)8-9-16(13)15/h8-9,11-12,15,17H,4-7,10H2,1-3H3. The van der Waals surface area contributed by atoms with Gasteiger partial charge >= 0.3 is 0 Å². The minimum atomic E-state index is 0.567. The predicted molar refractivity (Wildman–Crippen MR) is 76.4 cm³/mol. The summed E-state index contributed by atoms with van der Waals surface area (Å²) in [5.74, 6) is 1.65. The Morgan fingerprint density at radius 1 is 1.44 bits per heavy atom. The quantitative estimate of drug-likeness (QED) is 0.860. The summed E-state index contributed by atoms with van der Waals surface area (Å²) in [4.78, 5) is 0. The molecule has 2 nitrogen and oxygen atoms in total. The summed E-state index contributed by atoms with van der Waals surface area (Å²) < 4.78 is 5.33. The van der Waals surface area contributed by atoms with E-state index in [4.69, 9.17) is 4.74 Å². The first-order valence-corrected chi connectivity index (χ1v) is 7.16. The molecule has 0 aliphatic heterocycles. The van der Waals surface area contributed by atoms with Crippen LogP contribution in [-0.4, -0.2) is 19.7 Å². The van der Waals surface area contributed by atoms with Crippen LogP contribution < -0.4 is 10.1 Å². The molecule has 1 aromatic carbocycles. The van der Waals surface area contributed by atoms with Crippen LogP contribution in [0.5, 0.6) is 5.75 Å². The van der Waals surface area contributed by atoms with E-state index in [0.29, 0.717) is 12.0 Å². The molecule has 0 aromatic heterocycles. The lowest BCUT2D eigenvalue weighted by molar-refractivity contribution is 0.403. The van der Waals surface area contributed by atoms with Crippen LogP contribution in [-0.2, 0) is 6.42 Å². The fraction of sp³-hybridized carbons (Fsp3) is 0.625. The molecule has 2 rings (SSSR count). The highest BCUT2D eigenvalue weighted by Crippen LogP contribution is 2.35. The van der Waals surface area contributed by atoms with Crippen molar-refractivity contribution in [2.24, 2.45) is 0 Å². The molecule has 0 spiro atoms. The number of nitrogens with one attached hydrogen (secondary N) is 1. The van der Waals surface area contributed by atoms with E-state index in [9.17, 15) is 0 Å². The number of methoxy groups -OCH3 is 1. The Hall–Kier alpha value is -1.02. The van der Waals surface area contributed by atoms with Gasteiger partial charge in [0.2, 0.25) is 0 Å².